The average molecular weight is 348 g/mol. The first kappa shape index (κ1) is 16.5. The van der Waals surface area contributed by atoms with Gasteiger partial charge in [-0.1, -0.05) is 11.8 Å². The van der Waals surface area contributed by atoms with Crippen molar-refractivity contribution in [1.29, 1.82) is 0 Å². The zero-order valence-electron chi connectivity index (χ0n) is 13.3. The minimum atomic E-state index is 0.110. The van der Waals surface area contributed by atoms with Crippen LogP contribution in [0.25, 0.3) is 0 Å². The predicted octanol–water partition coefficient (Wildman–Crippen LogP) is 3.93. The van der Waals surface area contributed by atoms with Gasteiger partial charge in [-0.15, -0.1) is 11.3 Å². The van der Waals surface area contributed by atoms with Crippen molar-refractivity contribution in [2.45, 2.75) is 42.0 Å². The highest BCUT2D eigenvalue weighted by molar-refractivity contribution is 8.01. The van der Waals surface area contributed by atoms with Gasteiger partial charge in [0, 0.05) is 33.6 Å². The number of aromatic nitrogens is 1. The predicted molar refractivity (Wildman–Crippen MR) is 96.2 cm³/mol. The lowest BCUT2D eigenvalue weighted by Crippen LogP contribution is -2.40. The molecule has 1 aromatic carbocycles. The summed E-state index contributed by atoms with van der Waals surface area (Å²) in [5, 5.41) is 8.47. The van der Waals surface area contributed by atoms with E-state index in [0.29, 0.717) is 6.04 Å². The van der Waals surface area contributed by atoms with Crippen molar-refractivity contribution in [3.05, 3.63) is 35.3 Å². The monoisotopic (exact) mass is 347 g/mol. The van der Waals surface area contributed by atoms with Crippen LogP contribution in [-0.4, -0.2) is 23.5 Å². The Labute approximate surface area is 145 Å². The lowest BCUT2D eigenvalue weighted by Gasteiger charge is -2.27. The van der Waals surface area contributed by atoms with Crippen molar-refractivity contribution in [3.8, 4) is 0 Å². The fraction of sp³-hybridized carbons (Fsp3) is 0.412. The molecule has 0 spiro atoms. The molecule has 3 rings (SSSR count). The number of hydrogen-bond donors (Lipinski definition) is 2. The summed E-state index contributed by atoms with van der Waals surface area (Å²) in [7, 11) is 0. The Morgan fingerprint density at radius 1 is 1.39 bits per heavy atom. The normalized spacial score (nSPS) is 21.1. The first-order valence-electron chi connectivity index (χ1n) is 7.84. The molecule has 1 saturated heterocycles. The molecule has 2 aromatic rings. The van der Waals surface area contributed by atoms with E-state index < -0.39 is 0 Å². The number of nitrogens with zero attached hydrogens (tertiary/aromatic N) is 1. The van der Waals surface area contributed by atoms with E-state index in [-0.39, 0.29) is 11.8 Å². The minimum absolute atomic E-state index is 0.110. The molecule has 1 amide bonds. The van der Waals surface area contributed by atoms with Crippen LogP contribution in [0.3, 0.4) is 0 Å². The van der Waals surface area contributed by atoms with Crippen LogP contribution in [0.15, 0.2) is 38.9 Å². The number of thiazole rings is 1. The van der Waals surface area contributed by atoms with Gasteiger partial charge in [-0.05, 0) is 57.5 Å². The van der Waals surface area contributed by atoms with Crippen LogP contribution in [0.4, 0.5) is 5.69 Å². The van der Waals surface area contributed by atoms with Gasteiger partial charge in [0.1, 0.15) is 0 Å². The van der Waals surface area contributed by atoms with Crippen molar-refractivity contribution >= 4 is 34.7 Å². The summed E-state index contributed by atoms with van der Waals surface area (Å²) in [5.74, 6) is 0.243. The van der Waals surface area contributed by atoms with Gasteiger partial charge in [0.05, 0.1) is 0 Å². The molecule has 23 heavy (non-hydrogen) atoms. The average Bonchev–Trinajstić information content (AvgIpc) is 2.94. The quantitative estimate of drug-likeness (QED) is 0.880. The molecule has 0 saturated carbocycles. The van der Waals surface area contributed by atoms with Gasteiger partial charge in [0.25, 0.3) is 0 Å². The molecule has 2 N–H and O–H groups in total. The van der Waals surface area contributed by atoms with Crippen molar-refractivity contribution in [3.63, 3.8) is 0 Å². The summed E-state index contributed by atoms with van der Waals surface area (Å²) >= 11 is 3.31. The molecule has 0 radical (unpaired) electrons. The van der Waals surface area contributed by atoms with Crippen LogP contribution in [0.5, 0.6) is 0 Å². The molecule has 6 heteroatoms. The maximum atomic E-state index is 12.3. The first-order valence-corrected chi connectivity index (χ1v) is 9.54. The molecule has 2 heterocycles. The molecule has 0 unspecified atom stereocenters. The van der Waals surface area contributed by atoms with E-state index >= 15 is 0 Å². The third-order valence-electron chi connectivity index (χ3n) is 3.92. The molecule has 1 aromatic heterocycles. The van der Waals surface area contributed by atoms with Crippen LogP contribution in [0, 0.1) is 12.8 Å². The van der Waals surface area contributed by atoms with Gasteiger partial charge in [0.15, 0.2) is 4.34 Å². The van der Waals surface area contributed by atoms with E-state index in [9.17, 15) is 4.79 Å². The highest BCUT2D eigenvalue weighted by Gasteiger charge is 2.24. The molecular weight excluding hydrogens is 326 g/mol. The van der Waals surface area contributed by atoms with Gasteiger partial charge < -0.3 is 10.6 Å². The fourth-order valence-corrected chi connectivity index (χ4v) is 4.51. The Morgan fingerprint density at radius 3 is 2.83 bits per heavy atom. The van der Waals surface area contributed by atoms with Gasteiger partial charge in [0.2, 0.25) is 5.91 Å². The number of carbonyl (C=O) groups is 1. The number of rotatable bonds is 4. The van der Waals surface area contributed by atoms with Crippen LogP contribution in [-0.2, 0) is 4.79 Å². The molecular formula is C17H21N3OS2. The number of piperidine rings is 1. The maximum Gasteiger partial charge on any atom is 0.227 e. The van der Waals surface area contributed by atoms with E-state index in [1.165, 1.54) is 0 Å². The van der Waals surface area contributed by atoms with E-state index in [4.69, 9.17) is 0 Å². The fourth-order valence-electron chi connectivity index (χ4n) is 2.70. The highest BCUT2D eigenvalue weighted by Crippen LogP contribution is 2.31. The minimum Gasteiger partial charge on any atom is -0.326 e. The Kier molecular flexibility index (Phi) is 5.35. The van der Waals surface area contributed by atoms with Crippen LogP contribution in [0.1, 0.15) is 25.5 Å². The second-order valence-electron chi connectivity index (χ2n) is 5.95. The molecule has 4 nitrogen and oxygen atoms in total. The number of nitrogens with one attached hydrogen (secondary N) is 2. The first-order chi connectivity index (χ1) is 11.1. The van der Waals surface area contributed by atoms with Gasteiger partial charge in [-0.3, -0.25) is 4.79 Å². The number of hydrogen-bond acceptors (Lipinski definition) is 5. The van der Waals surface area contributed by atoms with E-state index in [1.54, 1.807) is 23.1 Å². The van der Waals surface area contributed by atoms with Gasteiger partial charge in [-0.2, -0.15) is 0 Å². The number of benzene rings is 1. The van der Waals surface area contributed by atoms with E-state index in [2.05, 4.69) is 27.9 Å². The molecule has 2 atom stereocenters. The van der Waals surface area contributed by atoms with Gasteiger partial charge in [-0.25, -0.2) is 4.98 Å². The number of amides is 1. The van der Waals surface area contributed by atoms with Crippen LogP contribution < -0.4 is 10.6 Å². The second-order valence-corrected chi connectivity index (χ2v) is 8.13. The summed E-state index contributed by atoms with van der Waals surface area (Å²) in [6.45, 7) is 5.05. The van der Waals surface area contributed by atoms with Crippen molar-refractivity contribution in [1.82, 2.24) is 10.3 Å². The Hall–Kier alpha value is -1.37. The number of anilines is 1. The van der Waals surface area contributed by atoms with Crippen molar-refractivity contribution in [2.75, 3.05) is 11.9 Å². The summed E-state index contributed by atoms with van der Waals surface area (Å²) in [4.78, 5) is 17.9. The number of carbonyl (C=O) groups excluding carboxylic acids is 1. The Bertz CT molecular complexity index is 669. The Morgan fingerprint density at radius 2 is 2.17 bits per heavy atom. The smallest absolute Gasteiger partial charge is 0.227 e. The van der Waals surface area contributed by atoms with Crippen molar-refractivity contribution < 1.29 is 4.79 Å². The molecule has 1 aliphatic heterocycles. The zero-order valence-corrected chi connectivity index (χ0v) is 15.0. The van der Waals surface area contributed by atoms with E-state index in [1.807, 2.05) is 31.2 Å². The Balaban J connectivity index is 1.57. The second kappa shape index (κ2) is 7.47. The van der Waals surface area contributed by atoms with E-state index in [0.717, 1.165) is 40.0 Å². The van der Waals surface area contributed by atoms with Crippen LogP contribution in [0.2, 0.25) is 0 Å². The summed E-state index contributed by atoms with van der Waals surface area (Å²) in [5.41, 5.74) is 1.92. The molecule has 1 aliphatic rings. The standard InChI is InChI=1S/C17H21N3OS2/c1-11-9-13(7-8-18-11)16(21)20-14-3-5-15(6-4-14)23-17-19-12(2)10-22-17/h3-6,10-11,13,18H,7-9H2,1-2H3,(H,20,21)/t11-,13-/m0/s1. The topological polar surface area (TPSA) is 54.0 Å². The van der Waals surface area contributed by atoms with Crippen molar-refractivity contribution in [2.24, 2.45) is 5.92 Å². The molecule has 0 aliphatic carbocycles. The zero-order chi connectivity index (χ0) is 16.2. The third-order valence-corrected chi connectivity index (χ3v) is 5.98. The molecule has 0 bridgehead atoms. The molecule has 1 fully saturated rings. The maximum absolute atomic E-state index is 12.3. The molecule has 122 valence electrons. The summed E-state index contributed by atoms with van der Waals surface area (Å²) in [6.07, 6.45) is 1.82. The summed E-state index contributed by atoms with van der Waals surface area (Å²) in [6, 6.07) is 8.40. The lowest BCUT2D eigenvalue weighted by molar-refractivity contribution is -0.120. The largest absolute Gasteiger partial charge is 0.326 e. The SMILES string of the molecule is Cc1csc(Sc2ccc(NC(=O)[C@H]3CCN[C@@H](C)C3)cc2)n1. The van der Waals surface area contributed by atoms with Crippen LogP contribution >= 0.6 is 23.1 Å². The highest BCUT2D eigenvalue weighted by atomic mass is 32.2. The number of aryl methyl sites for hydroxylation is 1. The third kappa shape index (κ3) is 4.56. The lowest BCUT2D eigenvalue weighted by atomic mass is 9.92. The summed E-state index contributed by atoms with van der Waals surface area (Å²) < 4.78 is 1.04. The van der Waals surface area contributed by atoms with Gasteiger partial charge >= 0.3 is 0 Å².